The van der Waals surface area contributed by atoms with E-state index in [1.165, 1.54) is 6.07 Å². The van der Waals surface area contributed by atoms with E-state index in [0.29, 0.717) is 10.7 Å². The number of hydrogen-bond acceptors (Lipinski definition) is 4. The summed E-state index contributed by atoms with van der Waals surface area (Å²) in [6, 6.07) is 12.7. The lowest BCUT2D eigenvalue weighted by Gasteiger charge is -2.20. The number of aliphatic carboxylic acids is 1. The molecular formula is C21H20ClN3O4. The first-order valence-electron chi connectivity index (χ1n) is 8.90. The number of benzene rings is 2. The molecular weight excluding hydrogens is 394 g/mol. The molecule has 0 aliphatic carbocycles. The number of halogens is 1. The van der Waals surface area contributed by atoms with Gasteiger partial charge in [-0.1, -0.05) is 41.9 Å². The molecule has 0 fully saturated rings. The standard InChI is InChI=1S/C21H20ClN3O4/c1-12-6-5-7-14(13(12)2)16(11-20(27)28)23-21(29)17-10-19(26)25(24-17)18-9-4-3-8-15(18)22/h3-10,16,26H,11H2,1-2H3,(H,23,29)(H,27,28). The van der Waals surface area contributed by atoms with Crippen molar-refractivity contribution in [3.05, 3.63) is 75.9 Å². The fourth-order valence-corrected chi connectivity index (χ4v) is 3.30. The van der Waals surface area contributed by atoms with Crippen LogP contribution in [0.5, 0.6) is 5.88 Å². The highest BCUT2D eigenvalue weighted by atomic mass is 35.5. The molecule has 0 aliphatic rings. The number of aryl methyl sites for hydroxylation is 1. The third-order valence-electron chi connectivity index (χ3n) is 4.71. The summed E-state index contributed by atoms with van der Waals surface area (Å²) in [5.74, 6) is -1.90. The Bertz CT molecular complexity index is 1080. The van der Waals surface area contributed by atoms with E-state index in [9.17, 15) is 19.8 Å². The maximum absolute atomic E-state index is 12.8. The molecule has 1 amide bonds. The molecule has 0 bridgehead atoms. The summed E-state index contributed by atoms with van der Waals surface area (Å²) in [6.07, 6.45) is -0.284. The van der Waals surface area contributed by atoms with Crippen LogP contribution in [0.3, 0.4) is 0 Å². The van der Waals surface area contributed by atoms with Crippen LogP contribution in [-0.2, 0) is 4.79 Å². The van der Waals surface area contributed by atoms with Crippen molar-refractivity contribution in [1.82, 2.24) is 15.1 Å². The van der Waals surface area contributed by atoms with Gasteiger partial charge in [0, 0.05) is 6.07 Å². The highest BCUT2D eigenvalue weighted by Gasteiger charge is 2.23. The summed E-state index contributed by atoms with van der Waals surface area (Å²) in [5.41, 5.74) is 2.98. The molecule has 29 heavy (non-hydrogen) atoms. The quantitative estimate of drug-likeness (QED) is 0.570. The van der Waals surface area contributed by atoms with Gasteiger partial charge in [0.2, 0.25) is 5.88 Å². The molecule has 3 N–H and O–H groups in total. The van der Waals surface area contributed by atoms with Gasteiger partial charge in [0.05, 0.1) is 23.2 Å². The number of carbonyl (C=O) groups excluding carboxylic acids is 1. The van der Waals surface area contributed by atoms with Crippen LogP contribution in [0.15, 0.2) is 48.5 Å². The lowest BCUT2D eigenvalue weighted by atomic mass is 9.95. The highest BCUT2D eigenvalue weighted by Crippen LogP contribution is 2.26. The van der Waals surface area contributed by atoms with Crippen molar-refractivity contribution in [2.45, 2.75) is 26.3 Å². The van der Waals surface area contributed by atoms with E-state index < -0.39 is 17.9 Å². The Kier molecular flexibility index (Phi) is 5.89. The summed E-state index contributed by atoms with van der Waals surface area (Å²) in [5, 5.41) is 26.7. The Hall–Kier alpha value is -3.32. The van der Waals surface area contributed by atoms with Crippen molar-refractivity contribution in [2.24, 2.45) is 0 Å². The van der Waals surface area contributed by atoms with Gasteiger partial charge >= 0.3 is 5.97 Å². The highest BCUT2D eigenvalue weighted by molar-refractivity contribution is 6.32. The first-order chi connectivity index (χ1) is 13.8. The van der Waals surface area contributed by atoms with E-state index in [1.807, 2.05) is 26.0 Å². The minimum Gasteiger partial charge on any atom is -0.493 e. The molecule has 0 aliphatic heterocycles. The first-order valence-corrected chi connectivity index (χ1v) is 9.28. The number of amides is 1. The molecule has 2 aromatic carbocycles. The molecule has 1 unspecified atom stereocenters. The molecule has 150 valence electrons. The van der Waals surface area contributed by atoms with Crippen LogP contribution in [0.1, 0.15) is 39.6 Å². The SMILES string of the molecule is Cc1cccc(C(CC(=O)O)NC(=O)c2cc(O)n(-c3ccccc3Cl)n2)c1C. The van der Waals surface area contributed by atoms with Crippen molar-refractivity contribution in [1.29, 1.82) is 0 Å². The zero-order valence-corrected chi connectivity index (χ0v) is 16.6. The number of para-hydroxylation sites is 1. The lowest BCUT2D eigenvalue weighted by Crippen LogP contribution is -2.31. The number of carboxylic acids is 1. The van der Waals surface area contributed by atoms with Gasteiger partial charge in [0.15, 0.2) is 5.69 Å². The molecule has 1 atom stereocenters. The van der Waals surface area contributed by atoms with Crippen LogP contribution in [0.4, 0.5) is 0 Å². The number of aromatic nitrogens is 2. The van der Waals surface area contributed by atoms with Crippen LogP contribution < -0.4 is 5.32 Å². The van der Waals surface area contributed by atoms with E-state index >= 15 is 0 Å². The van der Waals surface area contributed by atoms with Gasteiger partial charge in [-0.3, -0.25) is 9.59 Å². The maximum Gasteiger partial charge on any atom is 0.305 e. The van der Waals surface area contributed by atoms with Gasteiger partial charge in [-0.25, -0.2) is 0 Å². The predicted octanol–water partition coefficient (Wildman–Crippen LogP) is 3.79. The summed E-state index contributed by atoms with van der Waals surface area (Å²) >= 11 is 6.14. The van der Waals surface area contributed by atoms with Crippen molar-refractivity contribution in [3.63, 3.8) is 0 Å². The Morgan fingerprint density at radius 1 is 1.17 bits per heavy atom. The van der Waals surface area contributed by atoms with Crippen molar-refractivity contribution < 1.29 is 19.8 Å². The number of hydrogen-bond donors (Lipinski definition) is 3. The van der Waals surface area contributed by atoms with Crippen LogP contribution in [0.2, 0.25) is 5.02 Å². The van der Waals surface area contributed by atoms with Crippen molar-refractivity contribution in [3.8, 4) is 11.6 Å². The van der Waals surface area contributed by atoms with Crippen molar-refractivity contribution in [2.75, 3.05) is 0 Å². The molecule has 7 nitrogen and oxygen atoms in total. The second-order valence-electron chi connectivity index (χ2n) is 6.66. The average molecular weight is 414 g/mol. The molecule has 0 radical (unpaired) electrons. The minimum absolute atomic E-state index is 0.0527. The first kappa shape index (κ1) is 20.4. The number of carbonyl (C=O) groups is 2. The van der Waals surface area contributed by atoms with E-state index in [2.05, 4.69) is 10.4 Å². The van der Waals surface area contributed by atoms with Crippen LogP contribution in [0.25, 0.3) is 5.69 Å². The number of rotatable bonds is 6. The number of carboxylic acid groups (broad SMARTS) is 1. The molecule has 1 heterocycles. The Labute approximate surface area is 172 Å². The number of nitrogens with zero attached hydrogens (tertiary/aromatic N) is 2. The van der Waals surface area contributed by atoms with Gasteiger partial charge in [-0.15, -0.1) is 0 Å². The minimum atomic E-state index is -1.04. The largest absolute Gasteiger partial charge is 0.493 e. The van der Waals surface area contributed by atoms with E-state index in [-0.39, 0.29) is 18.0 Å². The van der Waals surface area contributed by atoms with Crippen LogP contribution in [0, 0.1) is 13.8 Å². The Morgan fingerprint density at radius 3 is 2.59 bits per heavy atom. The predicted molar refractivity (Wildman–Crippen MR) is 109 cm³/mol. The van der Waals surface area contributed by atoms with Crippen LogP contribution >= 0.6 is 11.6 Å². The molecule has 3 rings (SSSR count). The second-order valence-corrected chi connectivity index (χ2v) is 7.07. The van der Waals surface area contributed by atoms with E-state index in [0.717, 1.165) is 21.4 Å². The van der Waals surface area contributed by atoms with Crippen LogP contribution in [-0.4, -0.2) is 31.9 Å². The van der Waals surface area contributed by atoms with E-state index in [4.69, 9.17) is 11.6 Å². The summed E-state index contributed by atoms with van der Waals surface area (Å²) < 4.78 is 1.15. The molecule has 3 aromatic rings. The fraction of sp³-hybridized carbons (Fsp3) is 0.190. The molecule has 0 saturated heterocycles. The second kappa shape index (κ2) is 8.36. The summed E-state index contributed by atoms with van der Waals surface area (Å²) in [6.45, 7) is 3.80. The lowest BCUT2D eigenvalue weighted by molar-refractivity contribution is -0.137. The zero-order valence-electron chi connectivity index (χ0n) is 15.9. The number of aromatic hydroxyl groups is 1. The molecule has 0 saturated carbocycles. The third kappa shape index (κ3) is 4.41. The average Bonchev–Trinajstić information content (AvgIpc) is 3.05. The molecule has 0 spiro atoms. The Balaban J connectivity index is 1.91. The van der Waals surface area contributed by atoms with Crippen molar-refractivity contribution >= 4 is 23.5 Å². The van der Waals surface area contributed by atoms with Gasteiger partial charge in [0.25, 0.3) is 5.91 Å². The molecule has 1 aromatic heterocycles. The Morgan fingerprint density at radius 2 is 1.90 bits per heavy atom. The van der Waals surface area contributed by atoms with Gasteiger partial charge < -0.3 is 15.5 Å². The monoisotopic (exact) mass is 413 g/mol. The van der Waals surface area contributed by atoms with Gasteiger partial charge in [-0.05, 0) is 42.7 Å². The number of nitrogens with one attached hydrogen (secondary N) is 1. The van der Waals surface area contributed by atoms with Gasteiger partial charge in [0.1, 0.15) is 0 Å². The van der Waals surface area contributed by atoms with E-state index in [1.54, 1.807) is 30.3 Å². The molecule has 8 heteroatoms. The normalized spacial score (nSPS) is 11.8. The third-order valence-corrected chi connectivity index (χ3v) is 5.03. The fourth-order valence-electron chi connectivity index (χ4n) is 3.08. The zero-order chi connectivity index (χ0) is 21.1. The topological polar surface area (TPSA) is 104 Å². The summed E-state index contributed by atoms with van der Waals surface area (Å²) in [7, 11) is 0. The summed E-state index contributed by atoms with van der Waals surface area (Å²) in [4.78, 5) is 24.1. The van der Waals surface area contributed by atoms with Gasteiger partial charge in [-0.2, -0.15) is 9.78 Å². The smallest absolute Gasteiger partial charge is 0.305 e. The maximum atomic E-state index is 12.8.